The summed E-state index contributed by atoms with van der Waals surface area (Å²) in [5.74, 6) is 4.70. The van der Waals surface area contributed by atoms with Crippen molar-refractivity contribution in [2.24, 2.45) is 5.84 Å². The van der Waals surface area contributed by atoms with Crippen molar-refractivity contribution in [3.8, 4) is 0 Å². The lowest BCUT2D eigenvalue weighted by molar-refractivity contribution is -0.124. The van der Waals surface area contributed by atoms with Gasteiger partial charge in [-0.1, -0.05) is 6.92 Å². The highest BCUT2D eigenvalue weighted by atomic mass is 16.2. The first-order valence-corrected chi connectivity index (χ1v) is 5.06. The number of hydrogen-bond acceptors (Lipinski definition) is 4. The Kier molecular flexibility index (Phi) is 7.57. The van der Waals surface area contributed by atoms with E-state index >= 15 is 0 Å². The molecule has 4 N–H and O–H groups in total. The molecule has 0 aromatic rings. The van der Waals surface area contributed by atoms with Crippen molar-refractivity contribution in [3.63, 3.8) is 0 Å². The molecule has 0 unspecified atom stereocenters. The molecule has 0 heterocycles. The van der Waals surface area contributed by atoms with Crippen LogP contribution in [-0.2, 0) is 9.59 Å². The predicted molar refractivity (Wildman–Crippen MR) is 57.7 cm³/mol. The summed E-state index contributed by atoms with van der Waals surface area (Å²) < 4.78 is 0. The summed E-state index contributed by atoms with van der Waals surface area (Å²) in [5, 5.41) is 2.55. The van der Waals surface area contributed by atoms with Crippen molar-refractivity contribution in [2.45, 2.75) is 19.8 Å². The number of nitrogens with two attached hydrogens (primary N) is 1. The predicted octanol–water partition coefficient (Wildman–Crippen LogP) is -1.18. The SMILES string of the molecule is CCCN(CCC(=O)NN)CC(=O)NC. The Labute approximate surface area is 90.2 Å². The molecule has 0 fully saturated rings. The van der Waals surface area contributed by atoms with Gasteiger partial charge in [0, 0.05) is 20.0 Å². The second-order valence-corrected chi connectivity index (χ2v) is 3.27. The van der Waals surface area contributed by atoms with Crippen molar-refractivity contribution >= 4 is 11.8 Å². The average Bonchev–Trinajstić information content (AvgIpc) is 2.25. The lowest BCUT2D eigenvalue weighted by Gasteiger charge is -2.19. The lowest BCUT2D eigenvalue weighted by Crippen LogP contribution is -2.39. The molecule has 0 atom stereocenters. The van der Waals surface area contributed by atoms with Crippen molar-refractivity contribution in [1.82, 2.24) is 15.6 Å². The fraction of sp³-hybridized carbons (Fsp3) is 0.778. The van der Waals surface area contributed by atoms with Crippen LogP contribution in [0.2, 0.25) is 0 Å². The van der Waals surface area contributed by atoms with Gasteiger partial charge in [0.2, 0.25) is 11.8 Å². The van der Waals surface area contributed by atoms with Crippen LogP contribution in [0.1, 0.15) is 19.8 Å². The first kappa shape index (κ1) is 13.9. The number of nitrogens with one attached hydrogen (secondary N) is 2. The van der Waals surface area contributed by atoms with Gasteiger partial charge in [-0.2, -0.15) is 0 Å². The van der Waals surface area contributed by atoms with Gasteiger partial charge in [0.25, 0.3) is 0 Å². The van der Waals surface area contributed by atoms with Crippen LogP contribution in [0.25, 0.3) is 0 Å². The molecule has 6 heteroatoms. The summed E-state index contributed by atoms with van der Waals surface area (Å²) in [6, 6.07) is 0. The molecule has 2 amide bonds. The molecular formula is C9H20N4O2. The molecule has 0 aliphatic carbocycles. The van der Waals surface area contributed by atoms with Gasteiger partial charge in [-0.05, 0) is 13.0 Å². The summed E-state index contributed by atoms with van der Waals surface area (Å²) in [5.41, 5.74) is 2.06. The van der Waals surface area contributed by atoms with E-state index < -0.39 is 0 Å². The third-order valence-corrected chi connectivity index (χ3v) is 2.00. The van der Waals surface area contributed by atoms with Gasteiger partial charge < -0.3 is 5.32 Å². The third kappa shape index (κ3) is 6.87. The average molecular weight is 216 g/mol. The highest BCUT2D eigenvalue weighted by molar-refractivity contribution is 5.78. The Hall–Kier alpha value is -1.14. The van der Waals surface area contributed by atoms with Gasteiger partial charge >= 0.3 is 0 Å². The fourth-order valence-corrected chi connectivity index (χ4v) is 1.20. The van der Waals surface area contributed by atoms with Crippen molar-refractivity contribution in [1.29, 1.82) is 0 Å². The molecule has 6 nitrogen and oxygen atoms in total. The zero-order chi connectivity index (χ0) is 11.7. The number of hydrogen-bond donors (Lipinski definition) is 3. The van der Waals surface area contributed by atoms with Crippen LogP contribution < -0.4 is 16.6 Å². The molecule has 0 aliphatic rings. The summed E-state index contributed by atoms with van der Waals surface area (Å²) in [7, 11) is 1.60. The van der Waals surface area contributed by atoms with Gasteiger partial charge in [0.15, 0.2) is 0 Å². The molecule has 0 aromatic carbocycles. The quantitative estimate of drug-likeness (QED) is 0.284. The highest BCUT2D eigenvalue weighted by Crippen LogP contribution is 1.94. The monoisotopic (exact) mass is 216 g/mol. The molecule has 0 spiro atoms. The molecule has 0 bridgehead atoms. The van der Waals surface area contributed by atoms with E-state index in [2.05, 4.69) is 10.7 Å². The maximum atomic E-state index is 11.1. The Balaban J connectivity index is 3.92. The van der Waals surface area contributed by atoms with E-state index in [9.17, 15) is 9.59 Å². The normalized spacial score (nSPS) is 10.1. The fourth-order valence-electron chi connectivity index (χ4n) is 1.20. The van der Waals surface area contributed by atoms with Crippen LogP contribution >= 0.6 is 0 Å². The summed E-state index contributed by atoms with van der Waals surface area (Å²) in [6.07, 6.45) is 1.26. The Morgan fingerprint density at radius 1 is 1.27 bits per heavy atom. The van der Waals surface area contributed by atoms with E-state index in [0.717, 1.165) is 13.0 Å². The Morgan fingerprint density at radius 3 is 2.40 bits per heavy atom. The number of carbonyl (C=O) groups excluding carboxylic acids is 2. The minimum absolute atomic E-state index is 0.0448. The second-order valence-electron chi connectivity index (χ2n) is 3.27. The molecule has 88 valence electrons. The Morgan fingerprint density at radius 2 is 1.93 bits per heavy atom. The van der Waals surface area contributed by atoms with Gasteiger partial charge in [-0.15, -0.1) is 0 Å². The van der Waals surface area contributed by atoms with Crippen molar-refractivity contribution < 1.29 is 9.59 Å². The third-order valence-electron chi connectivity index (χ3n) is 2.00. The standard InChI is InChI=1S/C9H20N4O2/c1-3-5-13(7-9(15)11-2)6-4-8(14)12-10/h3-7,10H2,1-2H3,(H,11,15)(H,12,14). The van der Waals surface area contributed by atoms with Gasteiger partial charge in [-0.25, -0.2) is 5.84 Å². The number of carbonyl (C=O) groups is 2. The molecule has 15 heavy (non-hydrogen) atoms. The number of likely N-dealkylation sites (N-methyl/N-ethyl adjacent to an activating group) is 1. The number of amides is 2. The van der Waals surface area contributed by atoms with E-state index in [-0.39, 0.29) is 11.8 Å². The van der Waals surface area contributed by atoms with Gasteiger partial charge in [0.05, 0.1) is 6.54 Å². The highest BCUT2D eigenvalue weighted by Gasteiger charge is 2.10. The first-order chi connectivity index (χ1) is 7.13. The van der Waals surface area contributed by atoms with Gasteiger partial charge in [-0.3, -0.25) is 19.9 Å². The molecule has 0 aromatic heterocycles. The van der Waals surface area contributed by atoms with E-state index in [1.54, 1.807) is 7.05 Å². The molecular weight excluding hydrogens is 196 g/mol. The van der Waals surface area contributed by atoms with E-state index in [0.29, 0.717) is 19.5 Å². The van der Waals surface area contributed by atoms with E-state index in [4.69, 9.17) is 5.84 Å². The van der Waals surface area contributed by atoms with Crippen molar-refractivity contribution in [2.75, 3.05) is 26.7 Å². The van der Waals surface area contributed by atoms with Crippen LogP contribution in [0.5, 0.6) is 0 Å². The lowest BCUT2D eigenvalue weighted by atomic mass is 10.3. The molecule has 0 radical (unpaired) electrons. The minimum Gasteiger partial charge on any atom is -0.358 e. The molecule has 0 saturated heterocycles. The Bertz CT molecular complexity index is 208. The maximum Gasteiger partial charge on any atom is 0.235 e. The zero-order valence-electron chi connectivity index (χ0n) is 9.38. The van der Waals surface area contributed by atoms with E-state index in [1.807, 2.05) is 11.8 Å². The van der Waals surface area contributed by atoms with E-state index in [1.165, 1.54) is 0 Å². The largest absolute Gasteiger partial charge is 0.358 e. The van der Waals surface area contributed by atoms with Crippen LogP contribution in [0.15, 0.2) is 0 Å². The number of nitrogens with zero attached hydrogens (tertiary/aromatic N) is 1. The molecule has 0 rings (SSSR count). The van der Waals surface area contributed by atoms with Crippen LogP contribution in [0.4, 0.5) is 0 Å². The minimum atomic E-state index is -0.215. The van der Waals surface area contributed by atoms with Crippen LogP contribution in [-0.4, -0.2) is 43.4 Å². The number of hydrazine groups is 1. The molecule has 0 saturated carbocycles. The first-order valence-electron chi connectivity index (χ1n) is 5.06. The summed E-state index contributed by atoms with van der Waals surface area (Å²) >= 11 is 0. The van der Waals surface area contributed by atoms with Gasteiger partial charge in [0.1, 0.15) is 0 Å². The second kappa shape index (κ2) is 8.19. The topological polar surface area (TPSA) is 87.5 Å². The maximum absolute atomic E-state index is 11.1. The molecule has 0 aliphatic heterocycles. The number of rotatable bonds is 7. The smallest absolute Gasteiger partial charge is 0.235 e. The summed E-state index contributed by atoms with van der Waals surface area (Å²) in [4.78, 5) is 24.0. The summed E-state index contributed by atoms with van der Waals surface area (Å²) in [6.45, 7) is 3.69. The van der Waals surface area contributed by atoms with Crippen molar-refractivity contribution in [3.05, 3.63) is 0 Å². The zero-order valence-corrected chi connectivity index (χ0v) is 9.38. The van der Waals surface area contributed by atoms with Crippen LogP contribution in [0, 0.1) is 0 Å². The van der Waals surface area contributed by atoms with Crippen LogP contribution in [0.3, 0.4) is 0 Å².